The highest BCUT2D eigenvalue weighted by Gasteiger charge is 2.29. The van der Waals surface area contributed by atoms with Gasteiger partial charge in [-0.25, -0.2) is 0 Å². The van der Waals surface area contributed by atoms with Crippen LogP contribution in [0.1, 0.15) is 31.9 Å². The Kier molecular flexibility index (Phi) is 5.22. The second-order valence-electron chi connectivity index (χ2n) is 7.32. The van der Waals surface area contributed by atoms with Crippen molar-refractivity contribution in [1.82, 2.24) is 15.2 Å². The van der Waals surface area contributed by atoms with Gasteiger partial charge >= 0.3 is 6.18 Å². The quantitative estimate of drug-likeness (QED) is 0.603. The van der Waals surface area contributed by atoms with E-state index in [1.54, 1.807) is 0 Å². The van der Waals surface area contributed by atoms with E-state index in [1.165, 1.54) is 23.9 Å². The topological polar surface area (TPSA) is 62.7 Å². The second-order valence-corrected chi connectivity index (χ2v) is 7.32. The summed E-state index contributed by atoms with van der Waals surface area (Å²) in [5, 5.41) is 13.7. The summed E-state index contributed by atoms with van der Waals surface area (Å²) in [6.07, 6.45) is -2.90. The van der Waals surface area contributed by atoms with Crippen LogP contribution in [0.2, 0.25) is 0 Å². The predicted octanol–water partition coefficient (Wildman–Crippen LogP) is 5.68. The van der Waals surface area contributed by atoms with Gasteiger partial charge in [0, 0.05) is 11.4 Å². The lowest BCUT2D eigenvalue weighted by Crippen LogP contribution is -2.10. The molecular formula is C20H20F3N5. The summed E-state index contributed by atoms with van der Waals surface area (Å²) >= 11 is 0. The molecule has 0 aliphatic heterocycles. The maximum atomic E-state index is 12.6. The summed E-state index contributed by atoms with van der Waals surface area (Å²) in [5.41, 5.74) is 1.83. The molecule has 1 heterocycles. The molecule has 2 aromatic carbocycles. The number of benzene rings is 2. The number of hydrogen-bond donors (Lipinski definition) is 2. The average molecular weight is 387 g/mol. The second kappa shape index (κ2) is 7.46. The minimum Gasteiger partial charge on any atom is -0.339 e. The largest absolute Gasteiger partial charge is 0.416 e. The molecule has 0 spiro atoms. The van der Waals surface area contributed by atoms with Gasteiger partial charge in [-0.3, -0.25) is 0 Å². The minimum atomic E-state index is -4.37. The maximum absolute atomic E-state index is 12.6. The molecule has 0 aliphatic carbocycles. The molecule has 0 saturated heterocycles. The number of halogens is 3. The van der Waals surface area contributed by atoms with Crippen LogP contribution in [-0.2, 0) is 11.6 Å². The minimum absolute atomic E-state index is 0.0632. The Hall–Kier alpha value is -3.16. The molecule has 0 amide bonds. The van der Waals surface area contributed by atoms with E-state index in [0.29, 0.717) is 11.5 Å². The van der Waals surface area contributed by atoms with Crippen LogP contribution in [0.15, 0.2) is 54.7 Å². The van der Waals surface area contributed by atoms with E-state index in [1.807, 2.05) is 24.3 Å². The Balaban J connectivity index is 1.70. The normalized spacial score (nSPS) is 11.9. The number of aromatic nitrogens is 3. The number of nitrogens with one attached hydrogen (secondary N) is 2. The summed E-state index contributed by atoms with van der Waals surface area (Å²) in [6.45, 7) is 6.43. The molecule has 146 valence electrons. The van der Waals surface area contributed by atoms with E-state index in [9.17, 15) is 13.2 Å². The molecule has 0 unspecified atom stereocenters. The van der Waals surface area contributed by atoms with Gasteiger partial charge in [0.15, 0.2) is 5.82 Å². The van der Waals surface area contributed by atoms with Gasteiger partial charge < -0.3 is 10.6 Å². The predicted molar refractivity (Wildman–Crippen MR) is 103 cm³/mol. The first-order valence-corrected chi connectivity index (χ1v) is 8.63. The van der Waals surface area contributed by atoms with Crippen LogP contribution in [0.4, 0.5) is 36.3 Å². The van der Waals surface area contributed by atoms with Gasteiger partial charge in [-0.05, 0) is 47.4 Å². The van der Waals surface area contributed by atoms with Gasteiger partial charge in [0.2, 0.25) is 5.95 Å². The van der Waals surface area contributed by atoms with Crippen molar-refractivity contribution in [3.05, 3.63) is 65.9 Å². The molecule has 0 atom stereocenters. The lowest BCUT2D eigenvalue weighted by molar-refractivity contribution is -0.137. The first kappa shape index (κ1) is 19.6. The van der Waals surface area contributed by atoms with E-state index in [-0.39, 0.29) is 11.4 Å². The van der Waals surface area contributed by atoms with E-state index in [0.717, 1.165) is 17.8 Å². The number of rotatable bonds is 4. The van der Waals surface area contributed by atoms with Crippen molar-refractivity contribution in [3.63, 3.8) is 0 Å². The van der Waals surface area contributed by atoms with Crippen molar-refractivity contribution in [2.24, 2.45) is 0 Å². The molecule has 5 nitrogen and oxygen atoms in total. The van der Waals surface area contributed by atoms with E-state index >= 15 is 0 Å². The van der Waals surface area contributed by atoms with Crippen molar-refractivity contribution in [3.8, 4) is 0 Å². The molecule has 0 bridgehead atoms. The monoisotopic (exact) mass is 387 g/mol. The maximum Gasteiger partial charge on any atom is 0.416 e. The van der Waals surface area contributed by atoms with Gasteiger partial charge in [-0.15, -0.1) is 5.10 Å². The Morgan fingerprint density at radius 3 is 1.82 bits per heavy atom. The van der Waals surface area contributed by atoms with Crippen LogP contribution in [-0.4, -0.2) is 15.2 Å². The third kappa shape index (κ3) is 4.97. The van der Waals surface area contributed by atoms with Crippen LogP contribution < -0.4 is 10.6 Å². The Bertz CT molecular complexity index is 855. The Labute approximate surface area is 161 Å². The van der Waals surface area contributed by atoms with Gasteiger partial charge in [-0.1, -0.05) is 32.9 Å². The summed E-state index contributed by atoms with van der Waals surface area (Å²) in [6, 6.07) is 12.6. The highest BCUT2D eigenvalue weighted by Crippen LogP contribution is 2.30. The molecule has 3 aromatic rings. The fourth-order valence-electron chi connectivity index (χ4n) is 2.49. The molecule has 3 rings (SSSR count). The summed E-state index contributed by atoms with van der Waals surface area (Å²) in [4.78, 5) is 4.29. The number of hydrogen-bond acceptors (Lipinski definition) is 5. The van der Waals surface area contributed by atoms with E-state index in [4.69, 9.17) is 0 Å². The molecule has 0 aliphatic rings. The zero-order chi connectivity index (χ0) is 20.4. The van der Waals surface area contributed by atoms with Crippen molar-refractivity contribution in [1.29, 1.82) is 0 Å². The van der Waals surface area contributed by atoms with Crippen molar-refractivity contribution >= 4 is 23.1 Å². The van der Waals surface area contributed by atoms with Crippen molar-refractivity contribution in [2.75, 3.05) is 10.6 Å². The summed E-state index contributed by atoms with van der Waals surface area (Å²) in [5.74, 6) is 0.643. The molecule has 0 radical (unpaired) electrons. The van der Waals surface area contributed by atoms with Crippen LogP contribution in [0.5, 0.6) is 0 Å². The van der Waals surface area contributed by atoms with Crippen molar-refractivity contribution < 1.29 is 13.2 Å². The molecule has 0 fully saturated rings. The van der Waals surface area contributed by atoms with Gasteiger partial charge in [0.1, 0.15) is 0 Å². The van der Waals surface area contributed by atoms with Crippen LogP contribution in [0.3, 0.4) is 0 Å². The fraction of sp³-hybridized carbons (Fsp3) is 0.250. The SMILES string of the molecule is CC(C)(C)c1ccc(Nc2cnnc(Nc3ccc(C(F)(F)F)cc3)n2)cc1. The Morgan fingerprint density at radius 1 is 0.750 bits per heavy atom. The third-order valence-electron chi connectivity index (χ3n) is 4.05. The van der Waals surface area contributed by atoms with E-state index in [2.05, 4.69) is 46.6 Å². The summed E-state index contributed by atoms with van der Waals surface area (Å²) in [7, 11) is 0. The molecule has 1 aromatic heterocycles. The molecule has 28 heavy (non-hydrogen) atoms. The summed E-state index contributed by atoms with van der Waals surface area (Å²) < 4.78 is 37.9. The van der Waals surface area contributed by atoms with Crippen LogP contribution >= 0.6 is 0 Å². The first-order chi connectivity index (χ1) is 13.1. The molecule has 0 saturated carbocycles. The zero-order valence-electron chi connectivity index (χ0n) is 15.7. The van der Waals surface area contributed by atoms with Gasteiger partial charge in [0.25, 0.3) is 0 Å². The molecule has 2 N–H and O–H groups in total. The zero-order valence-corrected chi connectivity index (χ0v) is 15.7. The first-order valence-electron chi connectivity index (χ1n) is 8.63. The highest BCUT2D eigenvalue weighted by molar-refractivity contribution is 5.59. The standard InChI is InChI=1S/C20H20F3N5/c1-19(2,3)13-4-8-15(9-5-13)25-17-12-24-28-18(27-17)26-16-10-6-14(7-11-16)20(21,22)23/h4-12H,1-3H3,(H2,25,26,27,28). The van der Waals surface area contributed by atoms with Crippen molar-refractivity contribution in [2.45, 2.75) is 32.4 Å². The van der Waals surface area contributed by atoms with E-state index < -0.39 is 11.7 Å². The Morgan fingerprint density at radius 2 is 1.29 bits per heavy atom. The third-order valence-corrected chi connectivity index (χ3v) is 4.05. The number of alkyl halides is 3. The fourth-order valence-corrected chi connectivity index (χ4v) is 2.49. The van der Waals surface area contributed by atoms with Crippen LogP contribution in [0, 0.1) is 0 Å². The lowest BCUT2D eigenvalue weighted by Gasteiger charge is -2.19. The lowest BCUT2D eigenvalue weighted by atomic mass is 9.87. The highest BCUT2D eigenvalue weighted by atomic mass is 19.4. The van der Waals surface area contributed by atoms with Gasteiger partial charge in [0.05, 0.1) is 11.8 Å². The molecule has 8 heteroatoms. The van der Waals surface area contributed by atoms with Gasteiger partial charge in [-0.2, -0.15) is 23.3 Å². The van der Waals surface area contributed by atoms with Crippen LogP contribution in [0.25, 0.3) is 0 Å². The molecular weight excluding hydrogens is 367 g/mol. The smallest absolute Gasteiger partial charge is 0.339 e. The number of nitrogens with zero attached hydrogens (tertiary/aromatic N) is 3. The number of anilines is 4. The average Bonchev–Trinajstić information content (AvgIpc) is 2.61.